The van der Waals surface area contributed by atoms with Gasteiger partial charge in [0.1, 0.15) is 0 Å². The van der Waals surface area contributed by atoms with E-state index in [-0.39, 0.29) is 6.10 Å². The summed E-state index contributed by atoms with van der Waals surface area (Å²) in [6.45, 7) is 14.0. The maximum Gasteiger partial charge on any atom is 0.191 e. The van der Waals surface area contributed by atoms with Crippen LogP contribution in [0.1, 0.15) is 40.0 Å². The van der Waals surface area contributed by atoms with Gasteiger partial charge >= 0.3 is 0 Å². The van der Waals surface area contributed by atoms with Crippen molar-refractivity contribution in [1.82, 2.24) is 15.5 Å². The van der Waals surface area contributed by atoms with Crippen LogP contribution in [0.2, 0.25) is 0 Å². The summed E-state index contributed by atoms with van der Waals surface area (Å²) in [5.41, 5.74) is 0. The molecule has 1 rings (SSSR count). The number of rotatable bonds is 11. The number of hydrogen-bond donors (Lipinski definition) is 2. The van der Waals surface area contributed by atoms with Crippen molar-refractivity contribution in [2.75, 3.05) is 59.6 Å². The molecule has 0 aromatic rings. The molecule has 0 aromatic heterocycles. The van der Waals surface area contributed by atoms with Crippen molar-refractivity contribution >= 4 is 5.96 Å². The molecule has 0 amide bonds. The topological polar surface area (TPSA) is 58.1 Å². The highest BCUT2D eigenvalue weighted by Gasteiger charge is 2.20. The van der Waals surface area contributed by atoms with Gasteiger partial charge in [0.25, 0.3) is 0 Å². The smallest absolute Gasteiger partial charge is 0.191 e. The van der Waals surface area contributed by atoms with Crippen LogP contribution in [-0.2, 0) is 9.47 Å². The zero-order chi connectivity index (χ0) is 17.6. The predicted octanol–water partition coefficient (Wildman–Crippen LogP) is 1.72. The Morgan fingerprint density at radius 3 is 2.79 bits per heavy atom. The third-order valence-electron chi connectivity index (χ3n) is 3.97. The summed E-state index contributed by atoms with van der Waals surface area (Å²) in [7, 11) is 1.81. The molecule has 0 spiro atoms. The zero-order valence-corrected chi connectivity index (χ0v) is 16.1. The summed E-state index contributed by atoms with van der Waals surface area (Å²) < 4.78 is 11.4. The molecule has 1 heterocycles. The molecule has 1 fully saturated rings. The van der Waals surface area contributed by atoms with Crippen LogP contribution in [0.25, 0.3) is 0 Å². The lowest BCUT2D eigenvalue weighted by atomic mass is 10.2. The molecule has 0 bridgehead atoms. The highest BCUT2D eigenvalue weighted by Crippen LogP contribution is 2.07. The number of unbranched alkanes of at least 4 members (excludes halogenated alkanes) is 1. The molecule has 0 aromatic carbocycles. The Morgan fingerprint density at radius 2 is 2.08 bits per heavy atom. The molecule has 1 atom stereocenters. The lowest BCUT2D eigenvalue weighted by molar-refractivity contribution is -0.0284. The lowest BCUT2D eigenvalue weighted by Gasteiger charge is -2.34. The van der Waals surface area contributed by atoms with E-state index in [0.29, 0.717) is 5.92 Å². The molecule has 2 N–H and O–H groups in total. The third-order valence-corrected chi connectivity index (χ3v) is 3.97. The summed E-state index contributed by atoms with van der Waals surface area (Å²) in [6, 6.07) is 0. The van der Waals surface area contributed by atoms with Gasteiger partial charge in [-0.1, -0.05) is 27.2 Å². The molecule has 0 aliphatic carbocycles. The minimum atomic E-state index is 0.230. The summed E-state index contributed by atoms with van der Waals surface area (Å²) in [5, 5.41) is 6.70. The Kier molecular flexibility index (Phi) is 11.9. The van der Waals surface area contributed by atoms with E-state index in [4.69, 9.17) is 9.47 Å². The predicted molar refractivity (Wildman–Crippen MR) is 101 cm³/mol. The van der Waals surface area contributed by atoms with Crippen LogP contribution in [0.4, 0.5) is 0 Å². The molecule has 0 saturated carbocycles. The fourth-order valence-corrected chi connectivity index (χ4v) is 2.75. The molecule has 6 nitrogen and oxygen atoms in total. The van der Waals surface area contributed by atoms with Crippen molar-refractivity contribution in [2.24, 2.45) is 10.9 Å². The minimum absolute atomic E-state index is 0.230. The second-order valence-corrected chi connectivity index (χ2v) is 6.85. The first-order chi connectivity index (χ1) is 11.7. The quantitative estimate of drug-likeness (QED) is 0.340. The lowest BCUT2D eigenvalue weighted by Crippen LogP contribution is -2.50. The van der Waals surface area contributed by atoms with Gasteiger partial charge in [-0.3, -0.25) is 9.89 Å². The van der Waals surface area contributed by atoms with Crippen LogP contribution >= 0.6 is 0 Å². The number of nitrogens with one attached hydrogen (secondary N) is 2. The van der Waals surface area contributed by atoms with E-state index < -0.39 is 0 Å². The standard InChI is InChI=1S/C18H38N4O2/c1-5-6-10-23-11-7-8-20-18(19-4)21-13-17-15-22(9-12-24-17)14-16(2)3/h16-17H,5-15H2,1-4H3,(H2,19,20,21). The first-order valence-electron chi connectivity index (χ1n) is 9.51. The number of hydrogen-bond acceptors (Lipinski definition) is 4. The highest BCUT2D eigenvalue weighted by molar-refractivity contribution is 5.79. The van der Waals surface area contributed by atoms with Crippen molar-refractivity contribution < 1.29 is 9.47 Å². The summed E-state index contributed by atoms with van der Waals surface area (Å²) in [5.74, 6) is 1.54. The van der Waals surface area contributed by atoms with E-state index in [9.17, 15) is 0 Å². The average molecular weight is 343 g/mol. The summed E-state index contributed by atoms with van der Waals surface area (Å²) in [6.07, 6.45) is 3.55. The maximum absolute atomic E-state index is 5.86. The fraction of sp³-hybridized carbons (Fsp3) is 0.944. The van der Waals surface area contributed by atoms with E-state index in [1.807, 2.05) is 0 Å². The Morgan fingerprint density at radius 1 is 1.29 bits per heavy atom. The second kappa shape index (κ2) is 13.4. The largest absolute Gasteiger partial charge is 0.381 e. The van der Waals surface area contributed by atoms with Gasteiger partial charge in [-0.25, -0.2) is 0 Å². The average Bonchev–Trinajstić information content (AvgIpc) is 2.56. The third kappa shape index (κ3) is 10.1. The van der Waals surface area contributed by atoms with Gasteiger partial charge in [0, 0.05) is 53.0 Å². The van der Waals surface area contributed by atoms with Gasteiger partial charge in [-0.15, -0.1) is 0 Å². The first-order valence-corrected chi connectivity index (χ1v) is 9.51. The van der Waals surface area contributed by atoms with Gasteiger partial charge in [0.05, 0.1) is 12.7 Å². The van der Waals surface area contributed by atoms with Crippen molar-refractivity contribution in [3.63, 3.8) is 0 Å². The van der Waals surface area contributed by atoms with Crippen LogP contribution in [0, 0.1) is 5.92 Å². The molecular formula is C18H38N4O2. The number of morpholine rings is 1. The number of ether oxygens (including phenoxy) is 2. The molecule has 1 saturated heterocycles. The zero-order valence-electron chi connectivity index (χ0n) is 16.1. The SMILES string of the molecule is CCCCOCCCNC(=NC)NCC1CN(CC(C)C)CCO1. The molecule has 0 radical (unpaired) electrons. The van der Waals surface area contributed by atoms with Crippen molar-refractivity contribution in [3.8, 4) is 0 Å². The fourth-order valence-electron chi connectivity index (χ4n) is 2.75. The highest BCUT2D eigenvalue weighted by atomic mass is 16.5. The van der Waals surface area contributed by atoms with E-state index in [0.717, 1.165) is 71.3 Å². The Hall–Kier alpha value is -0.850. The van der Waals surface area contributed by atoms with Crippen LogP contribution in [-0.4, -0.2) is 76.6 Å². The van der Waals surface area contributed by atoms with Crippen LogP contribution in [0.3, 0.4) is 0 Å². The molecule has 142 valence electrons. The van der Waals surface area contributed by atoms with Crippen molar-refractivity contribution in [1.29, 1.82) is 0 Å². The normalized spacial score (nSPS) is 19.7. The molecule has 6 heteroatoms. The van der Waals surface area contributed by atoms with E-state index in [1.54, 1.807) is 7.05 Å². The maximum atomic E-state index is 5.86. The van der Waals surface area contributed by atoms with E-state index in [2.05, 4.69) is 41.3 Å². The molecule has 24 heavy (non-hydrogen) atoms. The van der Waals surface area contributed by atoms with Crippen LogP contribution in [0.15, 0.2) is 4.99 Å². The van der Waals surface area contributed by atoms with Gasteiger partial charge in [0.2, 0.25) is 0 Å². The monoisotopic (exact) mass is 342 g/mol. The number of nitrogens with zero attached hydrogens (tertiary/aromatic N) is 2. The van der Waals surface area contributed by atoms with Gasteiger partial charge < -0.3 is 20.1 Å². The van der Waals surface area contributed by atoms with Gasteiger partial charge in [-0.05, 0) is 18.8 Å². The number of guanidine groups is 1. The minimum Gasteiger partial charge on any atom is -0.381 e. The molecular weight excluding hydrogens is 304 g/mol. The van der Waals surface area contributed by atoms with Crippen LogP contribution < -0.4 is 10.6 Å². The van der Waals surface area contributed by atoms with Gasteiger partial charge in [-0.2, -0.15) is 0 Å². The van der Waals surface area contributed by atoms with Crippen molar-refractivity contribution in [3.05, 3.63) is 0 Å². The second-order valence-electron chi connectivity index (χ2n) is 6.85. The Labute approximate surface area is 148 Å². The number of aliphatic imine (C=N–C) groups is 1. The summed E-state index contributed by atoms with van der Waals surface area (Å²) >= 11 is 0. The first kappa shape index (κ1) is 21.2. The van der Waals surface area contributed by atoms with E-state index in [1.165, 1.54) is 6.42 Å². The molecule has 1 unspecified atom stereocenters. The van der Waals surface area contributed by atoms with E-state index >= 15 is 0 Å². The molecule has 1 aliphatic rings. The molecule has 1 aliphatic heterocycles. The van der Waals surface area contributed by atoms with Crippen LogP contribution in [0.5, 0.6) is 0 Å². The van der Waals surface area contributed by atoms with Crippen molar-refractivity contribution in [2.45, 2.75) is 46.1 Å². The Balaban J connectivity index is 2.12. The summed E-state index contributed by atoms with van der Waals surface area (Å²) in [4.78, 5) is 6.76. The van der Waals surface area contributed by atoms with Gasteiger partial charge in [0.15, 0.2) is 5.96 Å². The Bertz CT molecular complexity index is 337.